The van der Waals surface area contributed by atoms with E-state index in [1.807, 2.05) is 78.9 Å². The quantitative estimate of drug-likeness (QED) is 0.250. The summed E-state index contributed by atoms with van der Waals surface area (Å²) >= 11 is 0. The fourth-order valence-corrected chi connectivity index (χ4v) is 3.33. The maximum Gasteiger partial charge on any atom is 0.0659 e. The number of rotatable bonds is 0. The SMILES string of the molecule is C1=Cc2cc3ccc(cc4ccc(cc5nc(cc1n2)C=C5)[nH]4)[nH]3.[Sn].c1ccccc1. The largest absolute Gasteiger partial charge is 0.355 e. The summed E-state index contributed by atoms with van der Waals surface area (Å²) in [5, 5.41) is 0. The van der Waals surface area contributed by atoms with Gasteiger partial charge in [0.05, 0.1) is 22.8 Å². The topological polar surface area (TPSA) is 57.4 Å². The number of fused-ring (bicyclic) bond motifs is 8. The summed E-state index contributed by atoms with van der Waals surface area (Å²) < 4.78 is 0. The summed E-state index contributed by atoms with van der Waals surface area (Å²) in [6.07, 6.45) is 8.05. The first-order chi connectivity index (χ1) is 14.8. The molecule has 0 saturated carbocycles. The van der Waals surface area contributed by atoms with Gasteiger partial charge in [0.25, 0.3) is 0 Å². The van der Waals surface area contributed by atoms with Gasteiger partial charge < -0.3 is 9.97 Å². The standard InChI is InChI=1S/C20H14N4.C6H6.Sn/c1-2-14-10-16-5-6-18(23-16)12-20-8-7-19(24-20)11-17-4-3-15(22-17)9-13(1)21-14;1-2-4-6-5-3-1;/h1-12,21-22H;1-6H;. The van der Waals surface area contributed by atoms with Gasteiger partial charge in [-0.1, -0.05) is 36.4 Å². The Bertz CT molecular complexity index is 1280. The number of aromatic amines is 2. The van der Waals surface area contributed by atoms with Crippen LogP contribution < -0.4 is 0 Å². The van der Waals surface area contributed by atoms with Crippen molar-refractivity contribution < 1.29 is 0 Å². The van der Waals surface area contributed by atoms with Gasteiger partial charge in [-0.05, 0) is 72.8 Å². The molecule has 0 atom stereocenters. The molecule has 2 aliphatic heterocycles. The van der Waals surface area contributed by atoms with E-state index in [1.54, 1.807) is 0 Å². The van der Waals surface area contributed by atoms with Crippen LogP contribution in [0.5, 0.6) is 0 Å². The molecule has 5 heterocycles. The van der Waals surface area contributed by atoms with Crippen LogP contribution in [0.4, 0.5) is 0 Å². The molecule has 0 spiro atoms. The number of aromatic nitrogens is 4. The number of nitrogens with zero attached hydrogens (tertiary/aromatic N) is 2. The van der Waals surface area contributed by atoms with Gasteiger partial charge in [-0.15, -0.1) is 0 Å². The number of nitrogens with one attached hydrogen (secondary N) is 2. The zero-order chi connectivity index (χ0) is 20.2. The van der Waals surface area contributed by atoms with Gasteiger partial charge in [0.2, 0.25) is 0 Å². The summed E-state index contributed by atoms with van der Waals surface area (Å²) in [7, 11) is 0. The minimum absolute atomic E-state index is 0. The number of hydrogen-bond donors (Lipinski definition) is 2. The molecule has 0 unspecified atom stereocenters. The van der Waals surface area contributed by atoms with E-state index in [9.17, 15) is 0 Å². The molecule has 4 radical (unpaired) electrons. The van der Waals surface area contributed by atoms with E-state index in [1.165, 1.54) is 0 Å². The molecule has 0 fully saturated rings. The molecule has 31 heavy (non-hydrogen) atoms. The van der Waals surface area contributed by atoms with Crippen molar-refractivity contribution in [1.29, 1.82) is 0 Å². The summed E-state index contributed by atoms with van der Waals surface area (Å²) in [6.45, 7) is 0. The van der Waals surface area contributed by atoms with Gasteiger partial charge in [0.15, 0.2) is 0 Å². The molecule has 1 aromatic carbocycles. The van der Waals surface area contributed by atoms with Crippen LogP contribution in [0.3, 0.4) is 0 Å². The van der Waals surface area contributed by atoms with Crippen LogP contribution in [-0.2, 0) is 0 Å². The molecule has 8 bridgehead atoms. The molecule has 3 aromatic heterocycles. The van der Waals surface area contributed by atoms with Crippen LogP contribution in [-0.4, -0.2) is 43.8 Å². The van der Waals surface area contributed by atoms with Crippen LogP contribution >= 0.6 is 0 Å². The third-order valence-corrected chi connectivity index (χ3v) is 4.71. The van der Waals surface area contributed by atoms with E-state index >= 15 is 0 Å². The predicted octanol–water partition coefficient (Wildman–Crippen LogP) is 5.96. The molecule has 0 amide bonds. The number of benzene rings is 1. The smallest absolute Gasteiger partial charge is 0.0659 e. The predicted molar refractivity (Wildman–Crippen MR) is 131 cm³/mol. The van der Waals surface area contributed by atoms with Crippen LogP contribution in [0.1, 0.15) is 22.8 Å². The molecular weight excluding hydrogens is 487 g/mol. The van der Waals surface area contributed by atoms with E-state index in [4.69, 9.17) is 0 Å². The van der Waals surface area contributed by atoms with Gasteiger partial charge in [0, 0.05) is 46.0 Å². The molecule has 4 aromatic rings. The van der Waals surface area contributed by atoms with Gasteiger partial charge >= 0.3 is 0 Å². The summed E-state index contributed by atoms with van der Waals surface area (Å²) in [5.74, 6) is 0. The molecule has 5 heteroatoms. The summed E-state index contributed by atoms with van der Waals surface area (Å²) in [5.41, 5.74) is 7.86. The Balaban J connectivity index is 0.000000288. The molecule has 0 aliphatic carbocycles. The molecular formula is C26H20N4Sn. The van der Waals surface area contributed by atoms with Crippen molar-refractivity contribution in [3.05, 3.63) is 108 Å². The summed E-state index contributed by atoms with van der Waals surface area (Å²) in [6, 6.07) is 28.4. The average Bonchev–Trinajstić information content (AvgIpc) is 3.56. The second-order valence-electron chi connectivity index (χ2n) is 7.06. The Morgan fingerprint density at radius 1 is 0.419 bits per heavy atom. The molecule has 0 saturated heterocycles. The Morgan fingerprint density at radius 3 is 1.13 bits per heavy atom. The maximum absolute atomic E-state index is 4.62. The first-order valence-electron chi connectivity index (χ1n) is 9.85. The molecule has 2 N–H and O–H groups in total. The average molecular weight is 507 g/mol. The Kier molecular flexibility index (Phi) is 6.48. The summed E-state index contributed by atoms with van der Waals surface area (Å²) in [4.78, 5) is 16.0. The van der Waals surface area contributed by atoms with Crippen molar-refractivity contribution in [2.75, 3.05) is 0 Å². The van der Waals surface area contributed by atoms with Gasteiger partial charge in [-0.3, -0.25) is 0 Å². The Hall–Kier alpha value is -3.38. The van der Waals surface area contributed by atoms with Crippen molar-refractivity contribution in [2.45, 2.75) is 0 Å². The fourth-order valence-electron chi connectivity index (χ4n) is 3.33. The van der Waals surface area contributed by atoms with E-state index in [0.29, 0.717) is 0 Å². The first-order valence-corrected chi connectivity index (χ1v) is 9.85. The Morgan fingerprint density at radius 2 is 0.742 bits per heavy atom. The van der Waals surface area contributed by atoms with E-state index in [2.05, 4.69) is 50.3 Å². The van der Waals surface area contributed by atoms with Crippen molar-refractivity contribution >= 4 is 70.3 Å². The number of hydrogen-bond acceptors (Lipinski definition) is 2. The monoisotopic (exact) mass is 508 g/mol. The van der Waals surface area contributed by atoms with Crippen molar-refractivity contribution in [2.24, 2.45) is 0 Å². The third-order valence-electron chi connectivity index (χ3n) is 4.71. The fraction of sp³-hybridized carbons (Fsp3) is 0. The van der Waals surface area contributed by atoms with Gasteiger partial charge in [-0.25, -0.2) is 9.97 Å². The van der Waals surface area contributed by atoms with Crippen LogP contribution in [0.25, 0.3) is 46.4 Å². The maximum atomic E-state index is 4.62. The second kappa shape index (κ2) is 9.62. The van der Waals surface area contributed by atoms with Crippen LogP contribution in [0, 0.1) is 0 Å². The van der Waals surface area contributed by atoms with Gasteiger partial charge in [-0.2, -0.15) is 0 Å². The zero-order valence-corrected chi connectivity index (χ0v) is 19.6. The van der Waals surface area contributed by atoms with Crippen LogP contribution in [0.15, 0.2) is 84.9 Å². The minimum Gasteiger partial charge on any atom is -0.355 e. The third kappa shape index (κ3) is 5.41. The van der Waals surface area contributed by atoms with Crippen molar-refractivity contribution in [1.82, 2.24) is 19.9 Å². The minimum atomic E-state index is 0. The van der Waals surface area contributed by atoms with Gasteiger partial charge in [0.1, 0.15) is 0 Å². The molecule has 148 valence electrons. The van der Waals surface area contributed by atoms with E-state index in [0.717, 1.165) is 44.8 Å². The van der Waals surface area contributed by atoms with Crippen molar-refractivity contribution in [3.63, 3.8) is 0 Å². The molecule has 4 nitrogen and oxygen atoms in total. The Labute approximate surface area is 197 Å². The molecule has 6 rings (SSSR count). The molecule has 2 aliphatic rings. The second-order valence-corrected chi connectivity index (χ2v) is 7.06. The van der Waals surface area contributed by atoms with E-state index < -0.39 is 0 Å². The van der Waals surface area contributed by atoms with Crippen LogP contribution in [0.2, 0.25) is 0 Å². The number of H-pyrrole nitrogens is 2. The van der Waals surface area contributed by atoms with E-state index in [-0.39, 0.29) is 23.9 Å². The first kappa shape index (κ1) is 20.9. The van der Waals surface area contributed by atoms with Crippen molar-refractivity contribution in [3.8, 4) is 0 Å². The normalized spacial score (nSPS) is 11.4. The zero-order valence-electron chi connectivity index (χ0n) is 16.8.